The van der Waals surface area contributed by atoms with Crippen LogP contribution in [0.5, 0.6) is 0 Å². The topological polar surface area (TPSA) is 37.3 Å². The number of aliphatic hydroxyl groups is 1. The molecule has 4 aliphatic carbocycles. The molecule has 0 aliphatic heterocycles. The number of carbonyl (C=O) groups is 1. The van der Waals surface area contributed by atoms with Gasteiger partial charge in [0.25, 0.3) is 0 Å². The van der Waals surface area contributed by atoms with Gasteiger partial charge in [0.1, 0.15) is 5.78 Å². The van der Waals surface area contributed by atoms with Gasteiger partial charge in [0.15, 0.2) is 0 Å². The van der Waals surface area contributed by atoms with Crippen molar-refractivity contribution in [2.75, 3.05) is 0 Å². The van der Waals surface area contributed by atoms with Crippen molar-refractivity contribution < 1.29 is 9.90 Å². The largest absolute Gasteiger partial charge is 0.390 e. The predicted molar refractivity (Wildman–Crippen MR) is 96.5 cm³/mol. The first-order chi connectivity index (χ1) is 11.4. The number of Topliss-reactive ketones (excluding diaryl/α,β-unsaturated/α-hetero) is 1. The number of ketones is 1. The van der Waals surface area contributed by atoms with E-state index in [1.54, 1.807) is 0 Å². The second-order valence-electron chi connectivity index (χ2n) is 10.0. The van der Waals surface area contributed by atoms with Crippen molar-refractivity contribution >= 4 is 5.78 Å². The molecule has 0 saturated heterocycles. The van der Waals surface area contributed by atoms with E-state index in [0.717, 1.165) is 55.3 Å². The summed E-state index contributed by atoms with van der Waals surface area (Å²) in [7, 11) is 0. The Morgan fingerprint density at radius 2 is 1.75 bits per heavy atom. The van der Waals surface area contributed by atoms with Crippen molar-refractivity contribution in [3.05, 3.63) is 0 Å². The van der Waals surface area contributed by atoms with E-state index in [9.17, 15) is 9.90 Å². The van der Waals surface area contributed by atoms with Crippen LogP contribution in [0.3, 0.4) is 0 Å². The minimum absolute atomic E-state index is 0.290. The highest BCUT2D eigenvalue weighted by Gasteiger charge is 2.58. The predicted octanol–water partition coefficient (Wildman–Crippen LogP) is 4.99. The molecule has 0 heterocycles. The summed E-state index contributed by atoms with van der Waals surface area (Å²) in [6.07, 6.45) is 12.0. The molecular formula is C22H36O2. The van der Waals surface area contributed by atoms with Gasteiger partial charge in [-0.1, -0.05) is 13.8 Å². The molecule has 0 bridgehead atoms. The van der Waals surface area contributed by atoms with Gasteiger partial charge in [0.2, 0.25) is 0 Å². The SMILES string of the molecule is CCC1(O)CCC2C(CCC3C2CCC2(C)C(C(C)=O)CCC32)C1. The minimum atomic E-state index is -0.371. The number of rotatable bonds is 2. The van der Waals surface area contributed by atoms with Crippen LogP contribution in [0, 0.1) is 40.9 Å². The van der Waals surface area contributed by atoms with E-state index in [0.29, 0.717) is 17.1 Å². The lowest BCUT2D eigenvalue weighted by atomic mass is 9.48. The molecule has 0 amide bonds. The van der Waals surface area contributed by atoms with Crippen LogP contribution in [0.15, 0.2) is 0 Å². The summed E-state index contributed by atoms with van der Waals surface area (Å²) in [5.74, 6) is 4.93. The van der Waals surface area contributed by atoms with Crippen LogP contribution >= 0.6 is 0 Å². The fourth-order valence-electron chi connectivity index (χ4n) is 7.95. The molecule has 1 N–H and O–H groups in total. The third kappa shape index (κ3) is 2.42. The molecule has 0 radical (unpaired) electrons. The second-order valence-corrected chi connectivity index (χ2v) is 10.0. The van der Waals surface area contributed by atoms with Crippen molar-refractivity contribution in [2.45, 2.75) is 90.6 Å². The smallest absolute Gasteiger partial charge is 0.133 e. The van der Waals surface area contributed by atoms with Gasteiger partial charge in [0, 0.05) is 5.92 Å². The molecule has 0 aromatic rings. The molecule has 8 unspecified atom stereocenters. The van der Waals surface area contributed by atoms with E-state index in [2.05, 4.69) is 13.8 Å². The van der Waals surface area contributed by atoms with E-state index >= 15 is 0 Å². The molecule has 136 valence electrons. The first kappa shape index (κ1) is 17.1. The number of hydrogen-bond acceptors (Lipinski definition) is 2. The fraction of sp³-hybridized carbons (Fsp3) is 0.955. The summed E-state index contributed by atoms with van der Waals surface area (Å²) in [6, 6.07) is 0. The van der Waals surface area contributed by atoms with E-state index in [4.69, 9.17) is 0 Å². The van der Waals surface area contributed by atoms with Gasteiger partial charge in [-0.2, -0.15) is 0 Å². The summed E-state index contributed by atoms with van der Waals surface area (Å²) in [4.78, 5) is 12.2. The minimum Gasteiger partial charge on any atom is -0.390 e. The maximum atomic E-state index is 12.2. The average molecular weight is 333 g/mol. The molecule has 24 heavy (non-hydrogen) atoms. The van der Waals surface area contributed by atoms with Crippen molar-refractivity contribution in [3.63, 3.8) is 0 Å². The summed E-state index contributed by atoms with van der Waals surface area (Å²) < 4.78 is 0. The average Bonchev–Trinajstić information content (AvgIpc) is 2.91. The zero-order chi connectivity index (χ0) is 17.1. The highest BCUT2D eigenvalue weighted by Crippen LogP contribution is 2.64. The van der Waals surface area contributed by atoms with Crippen LogP contribution in [0.4, 0.5) is 0 Å². The third-order valence-electron chi connectivity index (χ3n) is 9.25. The lowest BCUT2D eigenvalue weighted by Gasteiger charge is -2.57. The molecule has 0 aromatic carbocycles. The van der Waals surface area contributed by atoms with Crippen molar-refractivity contribution in [2.24, 2.45) is 40.9 Å². The van der Waals surface area contributed by atoms with Crippen LogP contribution in [0.2, 0.25) is 0 Å². The Morgan fingerprint density at radius 1 is 1.00 bits per heavy atom. The molecule has 4 fully saturated rings. The lowest BCUT2D eigenvalue weighted by Crippen LogP contribution is -2.51. The molecule has 2 heteroatoms. The zero-order valence-corrected chi connectivity index (χ0v) is 15.9. The monoisotopic (exact) mass is 332 g/mol. The summed E-state index contributed by atoms with van der Waals surface area (Å²) in [5.41, 5.74) is -0.0804. The highest BCUT2D eigenvalue weighted by molar-refractivity contribution is 5.79. The number of carbonyl (C=O) groups excluding carboxylic acids is 1. The molecule has 2 nitrogen and oxygen atoms in total. The molecule has 4 saturated carbocycles. The van der Waals surface area contributed by atoms with Gasteiger partial charge < -0.3 is 5.11 Å². The second kappa shape index (κ2) is 5.83. The first-order valence-electron chi connectivity index (χ1n) is 10.6. The molecular weight excluding hydrogens is 296 g/mol. The van der Waals surface area contributed by atoms with E-state index in [1.165, 1.54) is 38.5 Å². The highest BCUT2D eigenvalue weighted by atomic mass is 16.3. The van der Waals surface area contributed by atoms with Crippen LogP contribution in [-0.2, 0) is 4.79 Å². The first-order valence-corrected chi connectivity index (χ1v) is 10.6. The fourth-order valence-corrected chi connectivity index (χ4v) is 7.95. The maximum absolute atomic E-state index is 12.2. The molecule has 8 atom stereocenters. The zero-order valence-electron chi connectivity index (χ0n) is 15.9. The normalized spacial score (nSPS) is 53.8. The van der Waals surface area contributed by atoms with Crippen LogP contribution in [-0.4, -0.2) is 16.5 Å². The van der Waals surface area contributed by atoms with Crippen LogP contribution in [0.25, 0.3) is 0 Å². The summed E-state index contributed by atoms with van der Waals surface area (Å²) in [6.45, 7) is 6.42. The Morgan fingerprint density at radius 3 is 2.46 bits per heavy atom. The maximum Gasteiger partial charge on any atom is 0.133 e. The van der Waals surface area contributed by atoms with Gasteiger partial charge in [0.05, 0.1) is 5.60 Å². The molecule has 0 spiro atoms. The summed E-state index contributed by atoms with van der Waals surface area (Å²) >= 11 is 0. The van der Waals surface area contributed by atoms with Gasteiger partial charge in [-0.3, -0.25) is 4.79 Å². The van der Waals surface area contributed by atoms with Crippen molar-refractivity contribution in [3.8, 4) is 0 Å². The van der Waals surface area contributed by atoms with E-state index in [-0.39, 0.29) is 5.60 Å². The van der Waals surface area contributed by atoms with Crippen LogP contribution in [0.1, 0.15) is 85.0 Å². The van der Waals surface area contributed by atoms with Crippen LogP contribution < -0.4 is 0 Å². The lowest BCUT2D eigenvalue weighted by molar-refractivity contribution is -0.131. The van der Waals surface area contributed by atoms with E-state index in [1.807, 2.05) is 6.92 Å². The number of fused-ring (bicyclic) bond motifs is 5. The van der Waals surface area contributed by atoms with Crippen molar-refractivity contribution in [1.82, 2.24) is 0 Å². The van der Waals surface area contributed by atoms with E-state index < -0.39 is 0 Å². The Bertz CT molecular complexity index is 514. The van der Waals surface area contributed by atoms with Gasteiger partial charge >= 0.3 is 0 Å². The van der Waals surface area contributed by atoms with Crippen molar-refractivity contribution in [1.29, 1.82) is 0 Å². The molecule has 4 aliphatic rings. The van der Waals surface area contributed by atoms with Gasteiger partial charge in [-0.05, 0) is 106 Å². The summed E-state index contributed by atoms with van der Waals surface area (Å²) in [5, 5.41) is 10.8. The third-order valence-corrected chi connectivity index (χ3v) is 9.25. The Kier molecular flexibility index (Phi) is 4.14. The molecule has 4 rings (SSSR count). The number of hydrogen-bond donors (Lipinski definition) is 1. The Labute approximate surface area is 147 Å². The quantitative estimate of drug-likeness (QED) is 0.774. The standard InChI is InChI=1S/C22H36O2/c1-4-22(24)12-10-16-15(13-22)5-6-18-17(16)9-11-21(3)19(14(2)23)7-8-20(18)21/h15-20,24H,4-13H2,1-3H3. The van der Waals surface area contributed by atoms with Gasteiger partial charge in [-0.15, -0.1) is 0 Å². The Hall–Kier alpha value is -0.370. The Balaban J connectivity index is 1.54. The molecule has 0 aromatic heterocycles. The van der Waals surface area contributed by atoms with Gasteiger partial charge in [-0.25, -0.2) is 0 Å².